The molecule has 0 radical (unpaired) electrons. The zero-order chi connectivity index (χ0) is 14.1. The molecule has 1 aliphatic rings. The highest BCUT2D eigenvalue weighted by Crippen LogP contribution is 2.25. The van der Waals surface area contributed by atoms with E-state index in [-0.39, 0.29) is 18.0 Å². The van der Waals surface area contributed by atoms with E-state index in [0.717, 1.165) is 31.9 Å². The number of likely N-dealkylation sites (N-methyl/N-ethyl adjacent to an activating group) is 1. The summed E-state index contributed by atoms with van der Waals surface area (Å²) in [7, 11) is -1.78. The van der Waals surface area contributed by atoms with Gasteiger partial charge in [0.1, 0.15) is 4.75 Å². The van der Waals surface area contributed by atoms with Crippen molar-refractivity contribution in [2.75, 3.05) is 13.3 Å². The summed E-state index contributed by atoms with van der Waals surface area (Å²) in [6, 6.07) is -0.102. The van der Waals surface area contributed by atoms with Gasteiger partial charge in [-0.2, -0.15) is 0 Å². The van der Waals surface area contributed by atoms with Crippen LogP contribution in [0.15, 0.2) is 0 Å². The van der Waals surface area contributed by atoms with Crippen LogP contribution in [0.2, 0.25) is 0 Å². The van der Waals surface area contributed by atoms with E-state index < -0.39 is 14.6 Å². The molecule has 18 heavy (non-hydrogen) atoms. The van der Waals surface area contributed by atoms with Gasteiger partial charge in [-0.15, -0.1) is 0 Å². The normalized spacial score (nSPS) is 25.8. The maximum Gasteiger partial charge on any atom is 0.243 e. The highest BCUT2D eigenvalue weighted by Gasteiger charge is 2.43. The fourth-order valence-corrected chi connectivity index (χ4v) is 2.82. The van der Waals surface area contributed by atoms with Gasteiger partial charge in [0.2, 0.25) is 5.91 Å². The molecular formula is C12H24N2O3S. The van der Waals surface area contributed by atoms with Crippen molar-refractivity contribution in [2.24, 2.45) is 5.73 Å². The first-order chi connectivity index (χ1) is 8.09. The minimum absolute atomic E-state index is 0.0488. The molecule has 0 spiro atoms. The SMILES string of the molecule is CN(C(=O)C(C)(C)S(C)(=O)=O)C1CCCCC1N. The van der Waals surface area contributed by atoms with Gasteiger partial charge in [-0.25, -0.2) is 8.42 Å². The highest BCUT2D eigenvalue weighted by molar-refractivity contribution is 7.92. The average molecular weight is 276 g/mol. The van der Waals surface area contributed by atoms with Crippen LogP contribution >= 0.6 is 0 Å². The summed E-state index contributed by atoms with van der Waals surface area (Å²) in [5, 5.41) is 0. The Morgan fingerprint density at radius 1 is 1.28 bits per heavy atom. The zero-order valence-electron chi connectivity index (χ0n) is 11.6. The Hall–Kier alpha value is -0.620. The van der Waals surface area contributed by atoms with Crippen molar-refractivity contribution in [3.63, 3.8) is 0 Å². The highest BCUT2D eigenvalue weighted by atomic mass is 32.2. The van der Waals surface area contributed by atoms with Crippen molar-refractivity contribution in [3.8, 4) is 0 Å². The van der Waals surface area contributed by atoms with E-state index in [0.29, 0.717) is 0 Å². The van der Waals surface area contributed by atoms with Crippen molar-refractivity contribution in [2.45, 2.75) is 56.4 Å². The lowest BCUT2D eigenvalue weighted by Gasteiger charge is -2.39. The van der Waals surface area contributed by atoms with E-state index in [1.54, 1.807) is 7.05 Å². The Labute approximate surface area is 110 Å². The molecule has 5 nitrogen and oxygen atoms in total. The fraction of sp³-hybridized carbons (Fsp3) is 0.917. The quantitative estimate of drug-likeness (QED) is 0.815. The maximum absolute atomic E-state index is 12.3. The van der Waals surface area contributed by atoms with Gasteiger partial charge in [0, 0.05) is 25.4 Å². The number of carbonyl (C=O) groups is 1. The van der Waals surface area contributed by atoms with Crippen LogP contribution in [0.1, 0.15) is 39.5 Å². The second-order valence-electron chi connectivity index (χ2n) is 5.71. The zero-order valence-corrected chi connectivity index (χ0v) is 12.5. The fourth-order valence-electron chi connectivity index (χ4n) is 2.35. The first-order valence-electron chi connectivity index (χ1n) is 6.31. The van der Waals surface area contributed by atoms with Crippen molar-refractivity contribution < 1.29 is 13.2 Å². The summed E-state index contributed by atoms with van der Waals surface area (Å²) in [4.78, 5) is 13.9. The summed E-state index contributed by atoms with van der Waals surface area (Å²) < 4.78 is 22.0. The first kappa shape index (κ1) is 15.4. The molecule has 1 saturated carbocycles. The number of sulfone groups is 1. The molecule has 1 amide bonds. The van der Waals surface area contributed by atoms with Gasteiger partial charge in [-0.1, -0.05) is 12.8 Å². The molecule has 2 atom stereocenters. The maximum atomic E-state index is 12.3. The van der Waals surface area contributed by atoms with Crippen LogP contribution in [0.25, 0.3) is 0 Å². The van der Waals surface area contributed by atoms with Crippen LogP contribution in [-0.2, 0) is 14.6 Å². The van der Waals surface area contributed by atoms with Crippen LogP contribution in [0.3, 0.4) is 0 Å². The molecule has 0 aromatic carbocycles. The van der Waals surface area contributed by atoms with Gasteiger partial charge >= 0.3 is 0 Å². The topological polar surface area (TPSA) is 80.5 Å². The summed E-state index contributed by atoms with van der Waals surface area (Å²) in [5.74, 6) is -0.368. The summed E-state index contributed by atoms with van der Waals surface area (Å²) in [6.45, 7) is 2.91. The van der Waals surface area contributed by atoms with Crippen LogP contribution in [-0.4, -0.2) is 49.4 Å². The van der Waals surface area contributed by atoms with Gasteiger partial charge < -0.3 is 10.6 Å². The predicted molar refractivity (Wildman–Crippen MR) is 71.9 cm³/mol. The largest absolute Gasteiger partial charge is 0.340 e. The van der Waals surface area contributed by atoms with E-state index >= 15 is 0 Å². The lowest BCUT2D eigenvalue weighted by atomic mass is 9.89. The van der Waals surface area contributed by atoms with Crippen molar-refractivity contribution in [3.05, 3.63) is 0 Å². The summed E-state index contributed by atoms with van der Waals surface area (Å²) in [5.41, 5.74) is 6.03. The molecular weight excluding hydrogens is 252 g/mol. The Morgan fingerprint density at radius 2 is 1.78 bits per heavy atom. The third-order valence-corrected chi connectivity index (χ3v) is 6.07. The van der Waals surface area contributed by atoms with E-state index in [1.807, 2.05) is 0 Å². The van der Waals surface area contributed by atoms with E-state index in [2.05, 4.69) is 0 Å². The molecule has 0 aromatic rings. The Balaban J connectivity index is 2.90. The third-order valence-electron chi connectivity index (χ3n) is 4.04. The lowest BCUT2D eigenvalue weighted by Crippen LogP contribution is -2.56. The van der Waals surface area contributed by atoms with Crippen LogP contribution in [0, 0.1) is 0 Å². The van der Waals surface area contributed by atoms with Crippen molar-refractivity contribution in [1.29, 1.82) is 0 Å². The monoisotopic (exact) mass is 276 g/mol. The van der Waals surface area contributed by atoms with Crippen LogP contribution in [0.4, 0.5) is 0 Å². The summed E-state index contributed by atoms with van der Waals surface area (Å²) in [6.07, 6.45) is 4.95. The third kappa shape index (κ3) is 2.85. The predicted octanol–water partition coefficient (Wildman–Crippen LogP) is 0.538. The molecule has 2 unspecified atom stereocenters. The Kier molecular flexibility index (Phi) is 4.43. The average Bonchev–Trinajstić information content (AvgIpc) is 2.26. The Bertz CT molecular complexity index is 417. The lowest BCUT2D eigenvalue weighted by molar-refractivity contribution is -0.134. The smallest absolute Gasteiger partial charge is 0.243 e. The number of hydrogen-bond donors (Lipinski definition) is 1. The van der Waals surface area contributed by atoms with Crippen molar-refractivity contribution >= 4 is 15.7 Å². The number of nitrogens with two attached hydrogens (primary N) is 1. The second-order valence-corrected chi connectivity index (χ2v) is 8.28. The molecule has 0 heterocycles. The van der Waals surface area contributed by atoms with Crippen LogP contribution < -0.4 is 5.73 Å². The molecule has 6 heteroatoms. The number of hydrogen-bond acceptors (Lipinski definition) is 4. The van der Waals surface area contributed by atoms with Crippen molar-refractivity contribution in [1.82, 2.24) is 4.90 Å². The standard InChI is InChI=1S/C12H24N2O3S/c1-12(2,18(4,16)17)11(15)14(3)10-8-6-5-7-9(10)13/h9-10H,5-8,13H2,1-4H3. The second kappa shape index (κ2) is 5.17. The molecule has 0 aromatic heterocycles. The molecule has 2 N–H and O–H groups in total. The molecule has 0 saturated heterocycles. The molecule has 106 valence electrons. The minimum Gasteiger partial charge on any atom is -0.340 e. The van der Waals surface area contributed by atoms with E-state index in [9.17, 15) is 13.2 Å². The van der Waals surface area contributed by atoms with Crippen LogP contribution in [0.5, 0.6) is 0 Å². The number of amides is 1. The van der Waals surface area contributed by atoms with Gasteiger partial charge in [-0.05, 0) is 26.7 Å². The first-order valence-corrected chi connectivity index (χ1v) is 8.20. The molecule has 1 fully saturated rings. The van der Waals surface area contributed by atoms with E-state index in [4.69, 9.17) is 5.73 Å². The minimum atomic E-state index is -3.43. The molecule has 1 rings (SSSR count). The van der Waals surface area contributed by atoms with Gasteiger partial charge in [0.15, 0.2) is 9.84 Å². The number of carbonyl (C=O) groups excluding carboxylic acids is 1. The van der Waals surface area contributed by atoms with E-state index in [1.165, 1.54) is 18.7 Å². The summed E-state index contributed by atoms with van der Waals surface area (Å²) >= 11 is 0. The number of rotatable bonds is 3. The van der Waals surface area contributed by atoms with Gasteiger partial charge in [0.05, 0.1) is 0 Å². The molecule has 0 bridgehead atoms. The molecule has 1 aliphatic carbocycles. The molecule has 0 aliphatic heterocycles. The van der Waals surface area contributed by atoms with Gasteiger partial charge in [0.25, 0.3) is 0 Å². The number of nitrogens with zero attached hydrogens (tertiary/aromatic N) is 1. The Morgan fingerprint density at radius 3 is 2.22 bits per heavy atom. The van der Waals surface area contributed by atoms with Gasteiger partial charge in [-0.3, -0.25) is 4.79 Å².